The monoisotopic (exact) mass is 163 g/mol. The smallest absolute Gasteiger partial charge is 0.322 e. The first-order valence-corrected chi connectivity index (χ1v) is 3.65. The molecule has 10 heavy (non-hydrogen) atoms. The first kappa shape index (κ1) is 7.82. The second-order valence-corrected chi connectivity index (χ2v) is 2.81. The number of halogens is 1. The van der Waals surface area contributed by atoms with Gasteiger partial charge in [0, 0.05) is 0 Å². The highest BCUT2D eigenvalue weighted by Crippen LogP contribution is 2.15. The second kappa shape index (κ2) is 3.21. The van der Waals surface area contributed by atoms with E-state index >= 15 is 0 Å². The van der Waals surface area contributed by atoms with Crippen molar-refractivity contribution >= 4 is 17.6 Å². The number of carbonyl (C=O) groups excluding carboxylic acids is 1. The Balaban J connectivity index is 2.37. The lowest BCUT2D eigenvalue weighted by Gasteiger charge is -2.06. The van der Waals surface area contributed by atoms with E-state index in [-0.39, 0.29) is 17.5 Å². The molecule has 1 saturated heterocycles. The zero-order valence-electron chi connectivity index (χ0n) is 5.76. The van der Waals surface area contributed by atoms with E-state index in [2.05, 4.69) is 10.1 Å². The molecule has 1 N–H and O–H groups in total. The summed E-state index contributed by atoms with van der Waals surface area (Å²) in [6, 6.07) is -0.188. The summed E-state index contributed by atoms with van der Waals surface area (Å²) >= 11 is 5.69. The summed E-state index contributed by atoms with van der Waals surface area (Å²) in [5, 5.41) is 2.90. The fourth-order valence-corrected chi connectivity index (χ4v) is 1.30. The van der Waals surface area contributed by atoms with Gasteiger partial charge in [-0.15, -0.1) is 11.6 Å². The van der Waals surface area contributed by atoms with Gasteiger partial charge in [-0.05, 0) is 12.8 Å². The SMILES string of the molecule is COC(=O)C1CCC(Cl)N1. The molecule has 3 nitrogen and oxygen atoms in total. The van der Waals surface area contributed by atoms with Gasteiger partial charge in [0.05, 0.1) is 12.6 Å². The molecule has 0 aromatic rings. The molecule has 1 fully saturated rings. The first-order chi connectivity index (χ1) is 4.74. The molecule has 1 aliphatic rings. The van der Waals surface area contributed by atoms with Crippen LogP contribution in [-0.2, 0) is 9.53 Å². The van der Waals surface area contributed by atoms with E-state index < -0.39 is 0 Å². The van der Waals surface area contributed by atoms with Crippen molar-refractivity contribution in [1.82, 2.24) is 5.32 Å². The summed E-state index contributed by atoms with van der Waals surface area (Å²) in [4.78, 5) is 10.8. The summed E-state index contributed by atoms with van der Waals surface area (Å²) < 4.78 is 4.52. The summed E-state index contributed by atoms with van der Waals surface area (Å²) in [5.41, 5.74) is -0.0656. The minimum Gasteiger partial charge on any atom is -0.468 e. The Morgan fingerprint density at radius 1 is 1.70 bits per heavy atom. The van der Waals surface area contributed by atoms with Crippen LogP contribution >= 0.6 is 11.6 Å². The molecule has 1 aliphatic heterocycles. The third kappa shape index (κ3) is 1.61. The van der Waals surface area contributed by atoms with Crippen LogP contribution in [-0.4, -0.2) is 24.6 Å². The summed E-state index contributed by atoms with van der Waals surface area (Å²) in [6.45, 7) is 0. The molecule has 0 bridgehead atoms. The lowest BCUT2D eigenvalue weighted by Crippen LogP contribution is -2.34. The number of alkyl halides is 1. The molecule has 0 spiro atoms. The van der Waals surface area contributed by atoms with Crippen LogP contribution in [0.2, 0.25) is 0 Å². The van der Waals surface area contributed by atoms with Gasteiger partial charge < -0.3 is 4.74 Å². The molecule has 2 unspecified atom stereocenters. The third-order valence-electron chi connectivity index (χ3n) is 1.58. The van der Waals surface area contributed by atoms with E-state index in [4.69, 9.17) is 11.6 Å². The van der Waals surface area contributed by atoms with Crippen LogP contribution in [0.4, 0.5) is 0 Å². The molecular formula is C6H10ClNO2. The highest BCUT2D eigenvalue weighted by atomic mass is 35.5. The average molecular weight is 164 g/mol. The Labute approximate surface area is 64.7 Å². The molecule has 58 valence electrons. The number of nitrogens with one attached hydrogen (secondary N) is 1. The van der Waals surface area contributed by atoms with Crippen LogP contribution in [0.1, 0.15) is 12.8 Å². The van der Waals surface area contributed by atoms with E-state index in [1.165, 1.54) is 7.11 Å². The van der Waals surface area contributed by atoms with Crippen LogP contribution in [0.15, 0.2) is 0 Å². The van der Waals surface area contributed by atoms with Crippen molar-refractivity contribution in [3.8, 4) is 0 Å². The molecule has 0 aromatic heterocycles. The van der Waals surface area contributed by atoms with E-state index in [9.17, 15) is 4.79 Å². The van der Waals surface area contributed by atoms with E-state index in [1.807, 2.05) is 0 Å². The lowest BCUT2D eigenvalue weighted by molar-refractivity contribution is -0.142. The van der Waals surface area contributed by atoms with Gasteiger partial charge in [-0.25, -0.2) is 0 Å². The van der Waals surface area contributed by atoms with Crippen LogP contribution in [0, 0.1) is 0 Å². The molecule has 0 amide bonds. The van der Waals surface area contributed by atoms with Crippen LogP contribution in [0.5, 0.6) is 0 Å². The number of ether oxygens (including phenoxy) is 1. The Morgan fingerprint density at radius 2 is 2.40 bits per heavy atom. The minimum atomic E-state index is -0.219. The number of carbonyl (C=O) groups is 1. The predicted molar refractivity (Wildman–Crippen MR) is 37.8 cm³/mol. The van der Waals surface area contributed by atoms with Gasteiger partial charge in [0.2, 0.25) is 0 Å². The minimum absolute atomic E-state index is 0.0656. The van der Waals surface area contributed by atoms with Crippen LogP contribution < -0.4 is 5.32 Å². The van der Waals surface area contributed by atoms with Gasteiger partial charge in [-0.2, -0.15) is 0 Å². The fraction of sp³-hybridized carbons (Fsp3) is 0.833. The fourth-order valence-electron chi connectivity index (χ4n) is 1.03. The molecule has 1 rings (SSSR count). The maximum absolute atomic E-state index is 10.8. The van der Waals surface area contributed by atoms with Crippen molar-refractivity contribution in [3.05, 3.63) is 0 Å². The Bertz CT molecular complexity index is 140. The van der Waals surface area contributed by atoms with Crippen molar-refractivity contribution < 1.29 is 9.53 Å². The van der Waals surface area contributed by atoms with Crippen molar-refractivity contribution in [2.75, 3.05) is 7.11 Å². The lowest BCUT2D eigenvalue weighted by atomic mass is 10.2. The Morgan fingerprint density at radius 3 is 2.80 bits per heavy atom. The van der Waals surface area contributed by atoms with Gasteiger partial charge in [0.1, 0.15) is 6.04 Å². The van der Waals surface area contributed by atoms with Crippen LogP contribution in [0.3, 0.4) is 0 Å². The number of esters is 1. The Hall–Kier alpha value is -0.280. The third-order valence-corrected chi connectivity index (χ3v) is 1.92. The number of methoxy groups -OCH3 is 1. The molecule has 0 radical (unpaired) electrons. The first-order valence-electron chi connectivity index (χ1n) is 3.22. The van der Waals surface area contributed by atoms with Gasteiger partial charge in [0.25, 0.3) is 0 Å². The summed E-state index contributed by atoms with van der Waals surface area (Å²) in [5.74, 6) is -0.219. The van der Waals surface area contributed by atoms with E-state index in [0.717, 1.165) is 12.8 Å². The number of hydrogen-bond donors (Lipinski definition) is 1. The van der Waals surface area contributed by atoms with Gasteiger partial charge in [-0.1, -0.05) is 0 Å². The average Bonchev–Trinajstić information content (AvgIpc) is 2.34. The van der Waals surface area contributed by atoms with Crippen LogP contribution in [0.25, 0.3) is 0 Å². The molecule has 1 heterocycles. The number of hydrogen-bond acceptors (Lipinski definition) is 3. The molecular weight excluding hydrogens is 154 g/mol. The molecule has 0 aliphatic carbocycles. The molecule has 0 saturated carbocycles. The van der Waals surface area contributed by atoms with Crippen molar-refractivity contribution in [2.45, 2.75) is 24.4 Å². The topological polar surface area (TPSA) is 38.3 Å². The predicted octanol–water partition coefficient (Wildman–Crippen LogP) is 0.476. The maximum atomic E-state index is 10.8. The van der Waals surface area contributed by atoms with E-state index in [0.29, 0.717) is 0 Å². The van der Waals surface area contributed by atoms with Crippen molar-refractivity contribution in [2.24, 2.45) is 0 Å². The highest BCUT2D eigenvalue weighted by Gasteiger charge is 2.27. The zero-order chi connectivity index (χ0) is 7.56. The quantitative estimate of drug-likeness (QED) is 0.347. The second-order valence-electron chi connectivity index (χ2n) is 2.29. The molecule has 4 heteroatoms. The standard InChI is InChI=1S/C6H10ClNO2/c1-10-6(9)4-2-3-5(7)8-4/h4-5,8H,2-3H2,1H3. The normalized spacial score (nSPS) is 32.2. The van der Waals surface area contributed by atoms with Gasteiger partial charge >= 0.3 is 5.97 Å². The van der Waals surface area contributed by atoms with Gasteiger partial charge in [-0.3, -0.25) is 10.1 Å². The number of rotatable bonds is 1. The molecule has 0 aromatic carbocycles. The summed E-state index contributed by atoms with van der Waals surface area (Å²) in [6.07, 6.45) is 1.61. The Kier molecular flexibility index (Phi) is 2.51. The van der Waals surface area contributed by atoms with E-state index in [1.54, 1.807) is 0 Å². The maximum Gasteiger partial charge on any atom is 0.322 e. The highest BCUT2D eigenvalue weighted by molar-refractivity contribution is 6.20. The molecule has 2 atom stereocenters. The largest absolute Gasteiger partial charge is 0.468 e. The van der Waals surface area contributed by atoms with Gasteiger partial charge in [0.15, 0.2) is 0 Å². The summed E-state index contributed by atoms with van der Waals surface area (Å²) in [7, 11) is 1.38. The zero-order valence-corrected chi connectivity index (χ0v) is 6.52. The van der Waals surface area contributed by atoms with Crippen molar-refractivity contribution in [3.63, 3.8) is 0 Å². The van der Waals surface area contributed by atoms with Crippen molar-refractivity contribution in [1.29, 1.82) is 0 Å².